The third-order valence-electron chi connectivity index (χ3n) is 3.11. The molecule has 4 nitrogen and oxygen atoms in total. The number of aromatic nitrogens is 1. The van der Waals surface area contributed by atoms with Gasteiger partial charge in [-0.1, -0.05) is 41.7 Å². The lowest BCUT2D eigenvalue weighted by atomic mass is 10.3. The minimum absolute atomic E-state index is 0.0226. The van der Waals surface area contributed by atoms with E-state index < -0.39 is 0 Å². The minimum Gasteiger partial charge on any atom is -0.460 e. The summed E-state index contributed by atoms with van der Waals surface area (Å²) in [7, 11) is 1.74. The van der Waals surface area contributed by atoms with Gasteiger partial charge in [0, 0.05) is 12.7 Å². The van der Waals surface area contributed by atoms with Crippen LogP contribution in [0.25, 0.3) is 10.2 Å². The minimum atomic E-state index is -0.111. The quantitative estimate of drug-likeness (QED) is 0.742. The molecule has 5 heteroatoms. The van der Waals surface area contributed by atoms with Crippen molar-refractivity contribution >= 4 is 33.1 Å². The highest BCUT2D eigenvalue weighted by molar-refractivity contribution is 7.20. The van der Waals surface area contributed by atoms with E-state index in [1.807, 2.05) is 54.6 Å². The lowest BCUT2D eigenvalue weighted by Gasteiger charge is -2.16. The molecule has 21 heavy (non-hydrogen) atoms. The zero-order valence-corrected chi connectivity index (χ0v) is 12.3. The Bertz CT molecular complexity index is 722. The maximum atomic E-state index is 12.1. The Kier molecular flexibility index (Phi) is 3.83. The first-order valence-electron chi connectivity index (χ1n) is 6.54. The van der Waals surface area contributed by atoms with Gasteiger partial charge in [0.2, 0.25) is 0 Å². The number of nitrogens with zero attached hydrogens (tertiary/aromatic N) is 2. The van der Waals surface area contributed by atoms with Gasteiger partial charge in [-0.15, -0.1) is 0 Å². The summed E-state index contributed by atoms with van der Waals surface area (Å²) in [4.78, 5) is 18.0. The van der Waals surface area contributed by atoms with Crippen molar-refractivity contribution in [2.75, 3.05) is 18.6 Å². The van der Waals surface area contributed by atoms with Gasteiger partial charge in [0.1, 0.15) is 0 Å². The van der Waals surface area contributed by atoms with Crippen LogP contribution in [0.1, 0.15) is 0 Å². The van der Waals surface area contributed by atoms with E-state index in [0.717, 1.165) is 15.9 Å². The van der Waals surface area contributed by atoms with Gasteiger partial charge in [-0.2, -0.15) is 0 Å². The zero-order chi connectivity index (χ0) is 14.7. The summed E-state index contributed by atoms with van der Waals surface area (Å²) >= 11 is 1.44. The first-order chi connectivity index (χ1) is 10.2. The largest absolute Gasteiger partial charge is 0.460 e. The summed E-state index contributed by atoms with van der Waals surface area (Å²) in [5, 5.41) is 0.519. The normalized spacial score (nSPS) is 10.5. The van der Waals surface area contributed by atoms with Crippen molar-refractivity contribution in [1.82, 2.24) is 4.98 Å². The van der Waals surface area contributed by atoms with E-state index in [1.54, 1.807) is 11.9 Å². The van der Waals surface area contributed by atoms with Crippen LogP contribution in [-0.4, -0.2) is 24.5 Å². The smallest absolute Gasteiger partial charge is 0.274 e. The number of anilines is 1. The van der Waals surface area contributed by atoms with E-state index in [2.05, 4.69) is 4.98 Å². The fraction of sp³-hybridized carbons (Fsp3) is 0.125. The highest BCUT2D eigenvalue weighted by Gasteiger charge is 2.12. The topological polar surface area (TPSA) is 42.4 Å². The highest BCUT2D eigenvalue weighted by Crippen LogP contribution is 2.27. The molecule has 0 aliphatic rings. The Labute approximate surface area is 126 Å². The van der Waals surface area contributed by atoms with Crippen LogP contribution in [0.5, 0.6) is 5.19 Å². The van der Waals surface area contributed by atoms with Crippen LogP contribution in [-0.2, 0) is 4.79 Å². The molecule has 1 heterocycles. The molecule has 106 valence electrons. The van der Waals surface area contributed by atoms with Crippen molar-refractivity contribution in [2.24, 2.45) is 0 Å². The van der Waals surface area contributed by atoms with E-state index >= 15 is 0 Å². The van der Waals surface area contributed by atoms with Crippen LogP contribution in [0.2, 0.25) is 0 Å². The number of likely N-dealkylation sites (N-methyl/N-ethyl adjacent to an activating group) is 1. The number of hydrogen-bond donors (Lipinski definition) is 0. The van der Waals surface area contributed by atoms with Gasteiger partial charge in [-0.3, -0.25) is 4.79 Å². The standard InChI is InChI=1S/C16H14N2O2S/c1-18(12-7-3-2-4-8-12)15(19)11-20-16-17-13-9-5-6-10-14(13)21-16/h2-10H,11H2,1H3. The summed E-state index contributed by atoms with van der Waals surface area (Å²) in [5.74, 6) is -0.111. The van der Waals surface area contributed by atoms with Crippen LogP contribution in [0.3, 0.4) is 0 Å². The zero-order valence-electron chi connectivity index (χ0n) is 11.5. The van der Waals surface area contributed by atoms with E-state index in [9.17, 15) is 4.79 Å². The molecule has 0 atom stereocenters. The first kappa shape index (κ1) is 13.6. The predicted octanol–water partition coefficient (Wildman–Crippen LogP) is 3.34. The molecule has 2 aromatic carbocycles. The second-order valence-electron chi connectivity index (χ2n) is 4.52. The van der Waals surface area contributed by atoms with Gasteiger partial charge in [-0.05, 0) is 24.3 Å². The van der Waals surface area contributed by atoms with E-state index in [0.29, 0.717) is 5.19 Å². The maximum absolute atomic E-state index is 12.1. The fourth-order valence-electron chi connectivity index (χ4n) is 1.93. The fourth-order valence-corrected chi connectivity index (χ4v) is 2.74. The molecule has 0 unspecified atom stereocenters. The monoisotopic (exact) mass is 298 g/mol. The molecule has 0 spiro atoms. The molecule has 0 aliphatic carbocycles. The van der Waals surface area contributed by atoms with Crippen LogP contribution >= 0.6 is 11.3 Å². The second kappa shape index (κ2) is 5.93. The summed E-state index contributed by atoms with van der Waals surface area (Å²) < 4.78 is 6.56. The van der Waals surface area contributed by atoms with E-state index in [4.69, 9.17) is 4.74 Å². The number of fused-ring (bicyclic) bond motifs is 1. The molecule has 0 radical (unpaired) electrons. The molecule has 0 fully saturated rings. The lowest BCUT2D eigenvalue weighted by molar-refractivity contribution is -0.120. The number of amides is 1. The Hall–Kier alpha value is -2.40. The van der Waals surface area contributed by atoms with Crippen molar-refractivity contribution in [3.05, 3.63) is 54.6 Å². The molecule has 0 saturated heterocycles. The van der Waals surface area contributed by atoms with Crippen molar-refractivity contribution in [3.8, 4) is 5.19 Å². The Morgan fingerprint density at radius 2 is 1.86 bits per heavy atom. The maximum Gasteiger partial charge on any atom is 0.274 e. The van der Waals surface area contributed by atoms with Crippen LogP contribution in [0.4, 0.5) is 5.69 Å². The van der Waals surface area contributed by atoms with Crippen molar-refractivity contribution < 1.29 is 9.53 Å². The molecule has 0 N–H and O–H groups in total. The van der Waals surface area contributed by atoms with Crippen molar-refractivity contribution in [3.63, 3.8) is 0 Å². The average molecular weight is 298 g/mol. The predicted molar refractivity (Wildman–Crippen MR) is 85.0 cm³/mol. The van der Waals surface area contributed by atoms with Gasteiger partial charge < -0.3 is 9.64 Å². The molecule has 1 amide bonds. The van der Waals surface area contributed by atoms with Crippen molar-refractivity contribution in [1.29, 1.82) is 0 Å². The molecule has 1 aromatic heterocycles. The van der Waals surface area contributed by atoms with E-state index in [-0.39, 0.29) is 12.5 Å². The number of benzene rings is 2. The average Bonchev–Trinajstić information content (AvgIpc) is 2.95. The van der Waals surface area contributed by atoms with Crippen LogP contribution in [0, 0.1) is 0 Å². The number of hydrogen-bond acceptors (Lipinski definition) is 4. The summed E-state index contributed by atoms with van der Waals surface area (Å²) in [5.41, 5.74) is 1.73. The van der Waals surface area contributed by atoms with Crippen LogP contribution < -0.4 is 9.64 Å². The number of carbonyl (C=O) groups excluding carboxylic acids is 1. The molecule has 3 rings (SSSR count). The number of thiazole rings is 1. The highest BCUT2D eigenvalue weighted by atomic mass is 32.1. The molecular weight excluding hydrogens is 284 g/mol. The Morgan fingerprint density at radius 3 is 2.62 bits per heavy atom. The van der Waals surface area contributed by atoms with Crippen molar-refractivity contribution in [2.45, 2.75) is 0 Å². The van der Waals surface area contributed by atoms with Gasteiger partial charge in [0.25, 0.3) is 11.1 Å². The molecule has 0 aliphatic heterocycles. The van der Waals surface area contributed by atoms with Gasteiger partial charge in [0.05, 0.1) is 10.2 Å². The second-order valence-corrected chi connectivity index (χ2v) is 5.52. The molecule has 0 saturated carbocycles. The third-order valence-corrected chi connectivity index (χ3v) is 4.06. The summed E-state index contributed by atoms with van der Waals surface area (Å²) in [6.07, 6.45) is 0. The third kappa shape index (κ3) is 3.03. The van der Waals surface area contributed by atoms with Gasteiger partial charge in [0.15, 0.2) is 6.61 Å². The lowest BCUT2D eigenvalue weighted by Crippen LogP contribution is -2.31. The first-order valence-corrected chi connectivity index (χ1v) is 7.35. The molecule has 0 bridgehead atoms. The molecular formula is C16H14N2O2S. The summed E-state index contributed by atoms with van der Waals surface area (Å²) in [6.45, 7) is -0.0226. The van der Waals surface area contributed by atoms with Gasteiger partial charge in [-0.25, -0.2) is 4.98 Å². The number of para-hydroxylation sites is 2. The number of rotatable bonds is 4. The number of ether oxygens (including phenoxy) is 1. The molecule has 3 aromatic rings. The van der Waals surface area contributed by atoms with Crippen LogP contribution in [0.15, 0.2) is 54.6 Å². The summed E-state index contributed by atoms with van der Waals surface area (Å²) in [6, 6.07) is 17.3. The van der Waals surface area contributed by atoms with Gasteiger partial charge >= 0.3 is 0 Å². The number of carbonyl (C=O) groups is 1. The Balaban J connectivity index is 1.65. The SMILES string of the molecule is CN(C(=O)COc1nc2ccccc2s1)c1ccccc1. The van der Waals surface area contributed by atoms with E-state index in [1.165, 1.54) is 11.3 Å². The Morgan fingerprint density at radius 1 is 1.14 bits per heavy atom.